The van der Waals surface area contributed by atoms with Crippen LogP contribution in [0.5, 0.6) is 11.5 Å². The van der Waals surface area contributed by atoms with Crippen LogP contribution in [0, 0.1) is 0 Å². The zero-order valence-corrected chi connectivity index (χ0v) is 12.6. The molecular formula is C19H17NO2. The van der Waals surface area contributed by atoms with Crippen molar-refractivity contribution in [1.29, 1.82) is 0 Å². The van der Waals surface area contributed by atoms with Gasteiger partial charge in [-0.15, -0.1) is 0 Å². The van der Waals surface area contributed by atoms with E-state index in [4.69, 9.17) is 9.47 Å². The van der Waals surface area contributed by atoms with Crippen LogP contribution in [0.1, 0.15) is 5.56 Å². The third-order valence-corrected chi connectivity index (χ3v) is 3.53. The van der Waals surface area contributed by atoms with Crippen molar-refractivity contribution in [1.82, 2.24) is 0 Å². The average Bonchev–Trinajstić information content (AvgIpc) is 2.59. The first-order valence-electron chi connectivity index (χ1n) is 7.05. The Kier molecular flexibility index (Phi) is 4.05. The lowest BCUT2D eigenvalue weighted by Crippen LogP contribution is -1.91. The fourth-order valence-electron chi connectivity index (χ4n) is 2.40. The van der Waals surface area contributed by atoms with E-state index < -0.39 is 0 Å². The molecule has 0 spiro atoms. The zero-order chi connectivity index (χ0) is 15.4. The third kappa shape index (κ3) is 2.79. The first-order valence-corrected chi connectivity index (χ1v) is 7.05. The normalized spacial score (nSPS) is 11.0. The summed E-state index contributed by atoms with van der Waals surface area (Å²) in [6.45, 7) is 0. The molecule has 110 valence electrons. The van der Waals surface area contributed by atoms with Crippen LogP contribution in [-0.4, -0.2) is 20.4 Å². The number of hydrogen-bond donors (Lipinski definition) is 0. The van der Waals surface area contributed by atoms with Crippen LogP contribution in [-0.2, 0) is 0 Å². The van der Waals surface area contributed by atoms with Gasteiger partial charge in [-0.25, -0.2) is 0 Å². The number of nitrogens with zero attached hydrogens (tertiary/aromatic N) is 1. The minimum absolute atomic E-state index is 0.698. The van der Waals surface area contributed by atoms with Crippen molar-refractivity contribution in [2.75, 3.05) is 14.2 Å². The molecule has 0 saturated carbocycles. The van der Waals surface area contributed by atoms with E-state index in [9.17, 15) is 0 Å². The van der Waals surface area contributed by atoms with Gasteiger partial charge in [0.05, 0.1) is 19.9 Å². The Bertz CT molecular complexity index is 819. The van der Waals surface area contributed by atoms with E-state index in [1.165, 1.54) is 5.39 Å². The summed E-state index contributed by atoms with van der Waals surface area (Å²) in [7, 11) is 3.26. The summed E-state index contributed by atoms with van der Waals surface area (Å²) >= 11 is 0. The summed E-state index contributed by atoms with van der Waals surface area (Å²) < 4.78 is 10.6. The first-order chi connectivity index (χ1) is 10.8. The summed E-state index contributed by atoms with van der Waals surface area (Å²) in [6, 6.07) is 20.1. The fraction of sp³-hybridized carbons (Fsp3) is 0.105. The van der Waals surface area contributed by atoms with Gasteiger partial charge in [0.15, 0.2) is 11.5 Å². The zero-order valence-electron chi connectivity index (χ0n) is 12.6. The highest BCUT2D eigenvalue weighted by Crippen LogP contribution is 2.28. The summed E-state index contributed by atoms with van der Waals surface area (Å²) in [4.78, 5) is 4.61. The van der Waals surface area contributed by atoms with E-state index in [0.717, 1.165) is 16.6 Å². The molecule has 0 radical (unpaired) electrons. The second kappa shape index (κ2) is 6.31. The van der Waals surface area contributed by atoms with Crippen LogP contribution in [0.3, 0.4) is 0 Å². The molecule has 0 aliphatic carbocycles. The van der Waals surface area contributed by atoms with Gasteiger partial charge in [0.25, 0.3) is 0 Å². The van der Waals surface area contributed by atoms with Crippen LogP contribution < -0.4 is 9.47 Å². The Morgan fingerprint density at radius 1 is 0.818 bits per heavy atom. The topological polar surface area (TPSA) is 30.8 Å². The molecule has 3 heteroatoms. The minimum atomic E-state index is 0.698. The summed E-state index contributed by atoms with van der Waals surface area (Å²) in [5, 5.41) is 2.33. The number of methoxy groups -OCH3 is 2. The Hall–Kier alpha value is -2.81. The molecule has 0 unspecified atom stereocenters. The molecule has 3 nitrogen and oxygen atoms in total. The van der Waals surface area contributed by atoms with E-state index in [1.807, 2.05) is 48.7 Å². The lowest BCUT2D eigenvalue weighted by Gasteiger charge is -2.07. The molecule has 0 heterocycles. The maximum absolute atomic E-state index is 5.31. The Morgan fingerprint density at radius 2 is 1.59 bits per heavy atom. The molecule has 0 aromatic heterocycles. The van der Waals surface area contributed by atoms with Gasteiger partial charge in [-0.1, -0.05) is 36.4 Å². The highest BCUT2D eigenvalue weighted by atomic mass is 16.5. The number of hydrogen-bond acceptors (Lipinski definition) is 3. The summed E-state index contributed by atoms with van der Waals surface area (Å²) in [5.74, 6) is 1.41. The van der Waals surface area contributed by atoms with Crippen LogP contribution in [0.4, 0.5) is 5.69 Å². The van der Waals surface area contributed by atoms with Gasteiger partial charge in [0, 0.05) is 11.6 Å². The quantitative estimate of drug-likeness (QED) is 0.657. The average molecular weight is 291 g/mol. The predicted octanol–water partition coefficient (Wildman–Crippen LogP) is 4.61. The summed E-state index contributed by atoms with van der Waals surface area (Å²) in [6.07, 6.45) is 1.84. The van der Waals surface area contributed by atoms with Gasteiger partial charge in [-0.05, 0) is 35.2 Å². The number of ether oxygens (including phenoxy) is 2. The molecule has 3 aromatic rings. The van der Waals surface area contributed by atoms with Gasteiger partial charge in [0.1, 0.15) is 0 Å². The second-order valence-corrected chi connectivity index (χ2v) is 4.87. The molecule has 0 fully saturated rings. The molecule has 3 rings (SSSR count). The van der Waals surface area contributed by atoms with Crippen molar-refractivity contribution in [3.63, 3.8) is 0 Å². The monoisotopic (exact) mass is 291 g/mol. The van der Waals surface area contributed by atoms with Crippen molar-refractivity contribution >= 4 is 22.7 Å². The smallest absolute Gasteiger partial charge is 0.161 e. The molecule has 0 N–H and O–H groups in total. The van der Waals surface area contributed by atoms with Crippen molar-refractivity contribution < 1.29 is 9.47 Å². The van der Waals surface area contributed by atoms with Gasteiger partial charge < -0.3 is 9.47 Å². The van der Waals surface area contributed by atoms with E-state index in [2.05, 4.69) is 23.2 Å². The minimum Gasteiger partial charge on any atom is -0.493 e. The lowest BCUT2D eigenvalue weighted by atomic mass is 10.1. The van der Waals surface area contributed by atoms with Gasteiger partial charge in [-0.2, -0.15) is 0 Å². The first kappa shape index (κ1) is 14.1. The Labute approximate surface area is 129 Å². The standard InChI is InChI=1S/C19H17NO2/c1-21-18-11-10-14(12-19(18)22-2)13-20-17-9-5-7-15-6-3-4-8-16(15)17/h3-13H,1-2H3/b20-13+. The van der Waals surface area contributed by atoms with E-state index in [0.29, 0.717) is 11.5 Å². The van der Waals surface area contributed by atoms with Crippen molar-refractivity contribution in [3.05, 3.63) is 66.2 Å². The van der Waals surface area contributed by atoms with Crippen molar-refractivity contribution in [2.24, 2.45) is 4.99 Å². The SMILES string of the molecule is COc1ccc(/C=N/c2cccc3ccccc23)cc1OC. The molecule has 0 aliphatic rings. The largest absolute Gasteiger partial charge is 0.493 e. The summed E-state index contributed by atoms with van der Waals surface area (Å²) in [5.41, 5.74) is 1.92. The molecule has 0 saturated heterocycles. The van der Waals surface area contributed by atoms with Crippen LogP contribution >= 0.6 is 0 Å². The highest BCUT2D eigenvalue weighted by Gasteiger charge is 2.03. The number of rotatable bonds is 4. The lowest BCUT2D eigenvalue weighted by molar-refractivity contribution is 0.355. The Balaban J connectivity index is 1.96. The maximum atomic E-state index is 5.31. The van der Waals surface area contributed by atoms with Gasteiger partial charge >= 0.3 is 0 Å². The van der Waals surface area contributed by atoms with Crippen molar-refractivity contribution in [3.8, 4) is 11.5 Å². The predicted molar refractivity (Wildman–Crippen MR) is 90.7 cm³/mol. The number of aliphatic imine (C=N–C) groups is 1. The third-order valence-electron chi connectivity index (χ3n) is 3.53. The van der Waals surface area contributed by atoms with E-state index in [1.54, 1.807) is 14.2 Å². The van der Waals surface area contributed by atoms with Crippen LogP contribution in [0.25, 0.3) is 10.8 Å². The fourth-order valence-corrected chi connectivity index (χ4v) is 2.40. The Morgan fingerprint density at radius 3 is 2.41 bits per heavy atom. The van der Waals surface area contributed by atoms with Crippen LogP contribution in [0.2, 0.25) is 0 Å². The van der Waals surface area contributed by atoms with Crippen LogP contribution in [0.15, 0.2) is 65.7 Å². The molecule has 22 heavy (non-hydrogen) atoms. The molecule has 0 bridgehead atoms. The van der Waals surface area contributed by atoms with E-state index in [-0.39, 0.29) is 0 Å². The molecule has 0 amide bonds. The van der Waals surface area contributed by atoms with Gasteiger partial charge in [0.2, 0.25) is 0 Å². The maximum Gasteiger partial charge on any atom is 0.161 e. The van der Waals surface area contributed by atoms with E-state index >= 15 is 0 Å². The molecular weight excluding hydrogens is 274 g/mol. The second-order valence-electron chi connectivity index (χ2n) is 4.87. The molecule has 0 aliphatic heterocycles. The van der Waals surface area contributed by atoms with Crippen molar-refractivity contribution in [2.45, 2.75) is 0 Å². The number of fused-ring (bicyclic) bond motifs is 1. The highest BCUT2D eigenvalue weighted by molar-refractivity contribution is 5.95. The molecule has 0 atom stereocenters. The van der Waals surface area contributed by atoms with Gasteiger partial charge in [-0.3, -0.25) is 4.99 Å². The number of benzene rings is 3. The molecule has 3 aromatic carbocycles.